The molecular weight excluding hydrogens is 200 g/mol. The summed E-state index contributed by atoms with van der Waals surface area (Å²) in [5, 5.41) is 0. The number of hydrogen-bond donors (Lipinski definition) is 0. The fourth-order valence-electron chi connectivity index (χ4n) is 1.62. The molecule has 0 aromatic carbocycles. The van der Waals surface area contributed by atoms with Crippen LogP contribution in [-0.2, 0) is 9.53 Å². The summed E-state index contributed by atoms with van der Waals surface area (Å²) < 4.78 is 5.17. The van der Waals surface area contributed by atoms with E-state index >= 15 is 0 Å². The minimum atomic E-state index is -0.0175. The van der Waals surface area contributed by atoms with E-state index in [0.717, 1.165) is 19.3 Å². The van der Waals surface area contributed by atoms with E-state index in [-0.39, 0.29) is 5.97 Å². The average Bonchev–Trinajstić information content (AvgIpc) is 2.22. The van der Waals surface area contributed by atoms with E-state index in [9.17, 15) is 4.79 Å². The highest BCUT2D eigenvalue weighted by Crippen LogP contribution is 2.07. The van der Waals surface area contributed by atoms with Crippen molar-refractivity contribution in [2.75, 3.05) is 6.61 Å². The van der Waals surface area contributed by atoms with Crippen LogP contribution in [-0.4, -0.2) is 12.6 Å². The molecule has 0 spiro atoms. The minimum absolute atomic E-state index is 0.0175. The number of rotatable bonds is 10. The molecule has 0 aromatic rings. The fourth-order valence-corrected chi connectivity index (χ4v) is 1.62. The van der Waals surface area contributed by atoms with E-state index in [1.54, 1.807) is 0 Å². The van der Waals surface area contributed by atoms with Gasteiger partial charge in [-0.2, -0.15) is 0 Å². The second-order valence-corrected chi connectivity index (χ2v) is 4.92. The van der Waals surface area contributed by atoms with Crippen LogP contribution in [0.15, 0.2) is 0 Å². The molecule has 0 aliphatic heterocycles. The molecule has 2 heteroatoms. The molecule has 0 aliphatic carbocycles. The SMILES string of the molecule is CCCCCCCOC(=O)CCCC(C)C. The van der Waals surface area contributed by atoms with Gasteiger partial charge in [0.15, 0.2) is 0 Å². The second kappa shape index (κ2) is 11.0. The lowest BCUT2D eigenvalue weighted by Crippen LogP contribution is -2.06. The topological polar surface area (TPSA) is 26.3 Å². The van der Waals surface area contributed by atoms with Gasteiger partial charge in [-0.15, -0.1) is 0 Å². The first-order valence-corrected chi connectivity index (χ1v) is 6.82. The predicted molar refractivity (Wildman–Crippen MR) is 68.4 cm³/mol. The molecule has 0 N–H and O–H groups in total. The molecule has 0 aromatic heterocycles. The first-order valence-electron chi connectivity index (χ1n) is 6.82. The van der Waals surface area contributed by atoms with Crippen LogP contribution in [0.3, 0.4) is 0 Å². The maximum absolute atomic E-state index is 11.3. The minimum Gasteiger partial charge on any atom is -0.466 e. The normalized spacial score (nSPS) is 10.8. The van der Waals surface area contributed by atoms with Gasteiger partial charge in [-0.1, -0.05) is 52.9 Å². The molecule has 0 amide bonds. The molecule has 0 heterocycles. The Labute approximate surface area is 101 Å². The molecule has 0 saturated heterocycles. The Kier molecular flexibility index (Phi) is 10.6. The number of carbonyl (C=O) groups excluding carboxylic acids is 1. The summed E-state index contributed by atoms with van der Waals surface area (Å²) in [6.07, 6.45) is 8.70. The van der Waals surface area contributed by atoms with Crippen LogP contribution >= 0.6 is 0 Å². The van der Waals surface area contributed by atoms with Crippen molar-refractivity contribution in [2.45, 2.75) is 72.1 Å². The van der Waals surface area contributed by atoms with Crippen LogP contribution in [0.25, 0.3) is 0 Å². The zero-order chi connectivity index (χ0) is 12.2. The van der Waals surface area contributed by atoms with Gasteiger partial charge in [0.2, 0.25) is 0 Å². The molecule has 0 aliphatic rings. The molecule has 0 rings (SSSR count). The summed E-state index contributed by atoms with van der Waals surface area (Å²) in [5.74, 6) is 0.665. The van der Waals surface area contributed by atoms with E-state index in [0.29, 0.717) is 18.9 Å². The summed E-state index contributed by atoms with van der Waals surface area (Å²) in [7, 11) is 0. The predicted octanol–water partition coefficient (Wildman–Crippen LogP) is 4.33. The first-order chi connectivity index (χ1) is 7.66. The standard InChI is InChI=1S/C14H28O2/c1-4-5-6-7-8-12-16-14(15)11-9-10-13(2)3/h13H,4-12H2,1-3H3. The molecule has 2 nitrogen and oxygen atoms in total. The van der Waals surface area contributed by atoms with E-state index in [2.05, 4.69) is 20.8 Å². The van der Waals surface area contributed by atoms with Gasteiger partial charge in [0.1, 0.15) is 0 Å². The van der Waals surface area contributed by atoms with Crippen molar-refractivity contribution in [3.8, 4) is 0 Å². The molecule has 0 unspecified atom stereocenters. The summed E-state index contributed by atoms with van der Waals surface area (Å²) in [5.41, 5.74) is 0. The maximum atomic E-state index is 11.3. The van der Waals surface area contributed by atoms with Crippen molar-refractivity contribution in [3.63, 3.8) is 0 Å². The number of hydrogen-bond acceptors (Lipinski definition) is 2. The highest BCUT2D eigenvalue weighted by atomic mass is 16.5. The van der Waals surface area contributed by atoms with Crippen molar-refractivity contribution in [3.05, 3.63) is 0 Å². The Hall–Kier alpha value is -0.530. The Bertz CT molecular complexity index is 164. The second-order valence-electron chi connectivity index (χ2n) is 4.92. The lowest BCUT2D eigenvalue weighted by atomic mass is 10.1. The third-order valence-electron chi connectivity index (χ3n) is 2.67. The molecule has 0 saturated carbocycles. The van der Waals surface area contributed by atoms with Gasteiger partial charge in [-0.25, -0.2) is 0 Å². The molecular formula is C14H28O2. The van der Waals surface area contributed by atoms with Crippen LogP contribution in [0, 0.1) is 5.92 Å². The largest absolute Gasteiger partial charge is 0.466 e. The van der Waals surface area contributed by atoms with Crippen LogP contribution in [0.2, 0.25) is 0 Å². The summed E-state index contributed by atoms with van der Waals surface area (Å²) in [6.45, 7) is 7.18. The van der Waals surface area contributed by atoms with Crippen molar-refractivity contribution in [1.82, 2.24) is 0 Å². The lowest BCUT2D eigenvalue weighted by molar-refractivity contribution is -0.143. The summed E-state index contributed by atoms with van der Waals surface area (Å²) in [4.78, 5) is 11.3. The first kappa shape index (κ1) is 15.5. The third kappa shape index (κ3) is 11.5. The molecule has 0 bridgehead atoms. The lowest BCUT2D eigenvalue weighted by Gasteiger charge is -2.06. The van der Waals surface area contributed by atoms with Gasteiger partial charge in [0.05, 0.1) is 6.61 Å². The average molecular weight is 228 g/mol. The molecule has 0 fully saturated rings. The van der Waals surface area contributed by atoms with Gasteiger partial charge in [-0.05, 0) is 18.8 Å². The molecule has 0 radical (unpaired) electrons. The van der Waals surface area contributed by atoms with Gasteiger partial charge in [-0.3, -0.25) is 4.79 Å². The Morgan fingerprint density at radius 3 is 2.38 bits per heavy atom. The number of ether oxygens (including phenoxy) is 1. The van der Waals surface area contributed by atoms with Crippen molar-refractivity contribution in [1.29, 1.82) is 0 Å². The highest BCUT2D eigenvalue weighted by molar-refractivity contribution is 5.69. The van der Waals surface area contributed by atoms with Crippen LogP contribution < -0.4 is 0 Å². The van der Waals surface area contributed by atoms with E-state index < -0.39 is 0 Å². The van der Waals surface area contributed by atoms with Crippen molar-refractivity contribution < 1.29 is 9.53 Å². The maximum Gasteiger partial charge on any atom is 0.305 e. The van der Waals surface area contributed by atoms with Crippen molar-refractivity contribution >= 4 is 5.97 Å². The smallest absolute Gasteiger partial charge is 0.305 e. The van der Waals surface area contributed by atoms with Crippen LogP contribution in [0.5, 0.6) is 0 Å². The molecule has 16 heavy (non-hydrogen) atoms. The van der Waals surface area contributed by atoms with E-state index in [1.807, 2.05) is 0 Å². The van der Waals surface area contributed by atoms with Crippen LogP contribution in [0.1, 0.15) is 72.1 Å². The Morgan fingerprint density at radius 1 is 1.06 bits per heavy atom. The van der Waals surface area contributed by atoms with Gasteiger partial charge < -0.3 is 4.74 Å². The van der Waals surface area contributed by atoms with Crippen LogP contribution in [0.4, 0.5) is 0 Å². The number of unbranched alkanes of at least 4 members (excludes halogenated alkanes) is 4. The molecule has 96 valence electrons. The van der Waals surface area contributed by atoms with E-state index in [4.69, 9.17) is 4.74 Å². The zero-order valence-electron chi connectivity index (χ0n) is 11.3. The highest BCUT2D eigenvalue weighted by Gasteiger charge is 2.03. The summed E-state index contributed by atoms with van der Waals surface area (Å²) >= 11 is 0. The van der Waals surface area contributed by atoms with Gasteiger partial charge in [0, 0.05) is 6.42 Å². The quantitative estimate of drug-likeness (QED) is 0.411. The Balaban J connectivity index is 3.17. The monoisotopic (exact) mass is 228 g/mol. The van der Waals surface area contributed by atoms with Gasteiger partial charge >= 0.3 is 5.97 Å². The fraction of sp³-hybridized carbons (Fsp3) is 0.929. The summed E-state index contributed by atoms with van der Waals surface area (Å²) in [6, 6.07) is 0. The zero-order valence-corrected chi connectivity index (χ0v) is 11.3. The van der Waals surface area contributed by atoms with Gasteiger partial charge in [0.25, 0.3) is 0 Å². The van der Waals surface area contributed by atoms with E-state index in [1.165, 1.54) is 25.7 Å². The number of esters is 1. The third-order valence-corrected chi connectivity index (χ3v) is 2.67. The molecule has 0 atom stereocenters. The number of carbonyl (C=O) groups is 1. The van der Waals surface area contributed by atoms with Crippen molar-refractivity contribution in [2.24, 2.45) is 5.92 Å². The Morgan fingerprint density at radius 2 is 1.75 bits per heavy atom.